The van der Waals surface area contributed by atoms with Crippen molar-refractivity contribution in [3.05, 3.63) is 0 Å². The summed E-state index contributed by atoms with van der Waals surface area (Å²) in [7, 11) is 0. The van der Waals surface area contributed by atoms with E-state index in [1.165, 1.54) is 12.8 Å². The first-order valence-corrected chi connectivity index (χ1v) is 7.38. The first kappa shape index (κ1) is 15.4. The Bertz CT molecular complexity index is 228. The van der Waals surface area contributed by atoms with Crippen molar-refractivity contribution in [2.24, 2.45) is 0 Å². The zero-order valence-corrected chi connectivity index (χ0v) is 11.6. The minimum atomic E-state index is -0.0940. The van der Waals surface area contributed by atoms with Crippen molar-refractivity contribution in [1.82, 2.24) is 10.6 Å². The molecule has 4 heteroatoms. The first-order chi connectivity index (χ1) is 8.74. The van der Waals surface area contributed by atoms with Crippen LogP contribution in [0.25, 0.3) is 0 Å². The fraction of sp³-hybridized carbons (Fsp3) is 0.929. The third-order valence-corrected chi connectivity index (χ3v) is 3.63. The van der Waals surface area contributed by atoms with Crippen molar-refractivity contribution in [2.75, 3.05) is 13.2 Å². The van der Waals surface area contributed by atoms with E-state index in [2.05, 4.69) is 10.6 Å². The molecule has 0 aromatic carbocycles. The lowest BCUT2D eigenvalue weighted by Crippen LogP contribution is -2.45. The number of aliphatic hydroxyl groups is 1. The van der Waals surface area contributed by atoms with Crippen LogP contribution in [0.1, 0.15) is 58.3 Å². The van der Waals surface area contributed by atoms with Crippen molar-refractivity contribution < 1.29 is 9.90 Å². The molecule has 18 heavy (non-hydrogen) atoms. The fourth-order valence-corrected chi connectivity index (χ4v) is 2.40. The SMILES string of the molecule is CC(NCCCCCCO)C(=O)NC1CCCC1. The zero-order valence-electron chi connectivity index (χ0n) is 11.6. The maximum Gasteiger partial charge on any atom is 0.237 e. The number of hydrogen-bond donors (Lipinski definition) is 3. The standard InChI is InChI=1S/C14H28N2O2/c1-12(15-10-6-2-3-7-11-17)14(18)16-13-8-4-5-9-13/h12-13,15,17H,2-11H2,1H3,(H,16,18). The summed E-state index contributed by atoms with van der Waals surface area (Å²) in [5.41, 5.74) is 0. The monoisotopic (exact) mass is 256 g/mol. The minimum absolute atomic E-state index is 0.0940. The Morgan fingerprint density at radius 1 is 1.22 bits per heavy atom. The predicted molar refractivity (Wildman–Crippen MR) is 73.4 cm³/mol. The van der Waals surface area contributed by atoms with Crippen LogP contribution in [0.5, 0.6) is 0 Å². The van der Waals surface area contributed by atoms with Crippen LogP contribution in [0.15, 0.2) is 0 Å². The van der Waals surface area contributed by atoms with Crippen LogP contribution in [0, 0.1) is 0 Å². The number of carbonyl (C=O) groups excluding carboxylic acids is 1. The zero-order chi connectivity index (χ0) is 13.2. The van der Waals surface area contributed by atoms with E-state index in [0.29, 0.717) is 6.04 Å². The summed E-state index contributed by atoms with van der Waals surface area (Å²) >= 11 is 0. The average molecular weight is 256 g/mol. The van der Waals surface area contributed by atoms with Gasteiger partial charge in [-0.15, -0.1) is 0 Å². The normalized spacial score (nSPS) is 17.9. The molecule has 0 saturated heterocycles. The largest absolute Gasteiger partial charge is 0.396 e. The molecule has 0 spiro atoms. The van der Waals surface area contributed by atoms with Gasteiger partial charge in [0, 0.05) is 12.6 Å². The third kappa shape index (κ3) is 6.36. The van der Waals surface area contributed by atoms with Gasteiger partial charge in [0.05, 0.1) is 6.04 Å². The van der Waals surface area contributed by atoms with E-state index in [4.69, 9.17) is 5.11 Å². The van der Waals surface area contributed by atoms with Crippen molar-refractivity contribution in [1.29, 1.82) is 0 Å². The summed E-state index contributed by atoms with van der Waals surface area (Å²) < 4.78 is 0. The number of amides is 1. The van der Waals surface area contributed by atoms with Crippen LogP contribution >= 0.6 is 0 Å². The van der Waals surface area contributed by atoms with Crippen molar-refractivity contribution in [3.8, 4) is 0 Å². The lowest BCUT2D eigenvalue weighted by atomic mass is 10.2. The lowest BCUT2D eigenvalue weighted by Gasteiger charge is -2.17. The van der Waals surface area contributed by atoms with Crippen LogP contribution < -0.4 is 10.6 Å². The molecule has 0 bridgehead atoms. The molecular formula is C14H28N2O2. The Hall–Kier alpha value is -0.610. The van der Waals surface area contributed by atoms with Crippen LogP contribution in [0.2, 0.25) is 0 Å². The molecule has 0 aromatic heterocycles. The topological polar surface area (TPSA) is 61.4 Å². The molecular weight excluding hydrogens is 228 g/mol. The smallest absolute Gasteiger partial charge is 0.237 e. The van der Waals surface area contributed by atoms with Gasteiger partial charge in [-0.3, -0.25) is 4.79 Å². The van der Waals surface area contributed by atoms with E-state index < -0.39 is 0 Å². The third-order valence-electron chi connectivity index (χ3n) is 3.63. The van der Waals surface area contributed by atoms with Crippen molar-refractivity contribution in [2.45, 2.75) is 70.4 Å². The van der Waals surface area contributed by atoms with Crippen LogP contribution in [0.3, 0.4) is 0 Å². The van der Waals surface area contributed by atoms with E-state index in [-0.39, 0.29) is 18.6 Å². The molecule has 0 heterocycles. The van der Waals surface area contributed by atoms with Gasteiger partial charge in [-0.05, 0) is 39.2 Å². The number of carbonyl (C=O) groups is 1. The molecule has 0 aliphatic heterocycles. The summed E-state index contributed by atoms with van der Waals surface area (Å²) in [6, 6.07) is 0.315. The lowest BCUT2D eigenvalue weighted by molar-refractivity contribution is -0.123. The van der Waals surface area contributed by atoms with Gasteiger partial charge in [0.15, 0.2) is 0 Å². The Kier molecular flexibility index (Phi) is 8.01. The maximum absolute atomic E-state index is 11.9. The van der Waals surface area contributed by atoms with E-state index >= 15 is 0 Å². The number of unbranched alkanes of at least 4 members (excludes halogenated alkanes) is 3. The Morgan fingerprint density at radius 3 is 2.56 bits per heavy atom. The highest BCUT2D eigenvalue weighted by atomic mass is 16.2. The number of aliphatic hydroxyl groups excluding tert-OH is 1. The highest BCUT2D eigenvalue weighted by molar-refractivity contribution is 5.81. The van der Waals surface area contributed by atoms with Gasteiger partial charge in [-0.25, -0.2) is 0 Å². The molecule has 1 saturated carbocycles. The van der Waals surface area contributed by atoms with Gasteiger partial charge in [0.25, 0.3) is 0 Å². The second-order valence-electron chi connectivity index (χ2n) is 5.30. The van der Waals surface area contributed by atoms with Crippen molar-refractivity contribution in [3.63, 3.8) is 0 Å². The molecule has 4 nitrogen and oxygen atoms in total. The second kappa shape index (κ2) is 9.34. The fourth-order valence-electron chi connectivity index (χ4n) is 2.40. The van der Waals surface area contributed by atoms with Crippen LogP contribution in [-0.4, -0.2) is 36.2 Å². The van der Waals surface area contributed by atoms with E-state index in [0.717, 1.165) is 45.1 Å². The Labute approximate surface area is 111 Å². The van der Waals surface area contributed by atoms with E-state index in [1.54, 1.807) is 0 Å². The van der Waals surface area contributed by atoms with Crippen LogP contribution in [0.4, 0.5) is 0 Å². The summed E-state index contributed by atoms with van der Waals surface area (Å²) in [5.74, 6) is 0.136. The molecule has 3 N–H and O–H groups in total. The summed E-state index contributed by atoms with van der Waals surface area (Å²) in [6.45, 7) is 3.09. The van der Waals surface area contributed by atoms with E-state index in [9.17, 15) is 4.79 Å². The molecule has 1 fully saturated rings. The van der Waals surface area contributed by atoms with Gasteiger partial charge in [-0.2, -0.15) is 0 Å². The Morgan fingerprint density at radius 2 is 1.89 bits per heavy atom. The predicted octanol–water partition coefficient (Wildman–Crippen LogP) is 1.58. The molecule has 106 valence electrons. The molecule has 1 aliphatic rings. The highest BCUT2D eigenvalue weighted by Crippen LogP contribution is 2.17. The van der Waals surface area contributed by atoms with Gasteiger partial charge < -0.3 is 15.7 Å². The molecule has 1 rings (SSSR count). The summed E-state index contributed by atoms with van der Waals surface area (Å²) in [6.07, 6.45) is 8.92. The quantitative estimate of drug-likeness (QED) is 0.549. The van der Waals surface area contributed by atoms with Crippen LogP contribution in [-0.2, 0) is 4.79 Å². The molecule has 1 unspecified atom stereocenters. The number of rotatable bonds is 9. The maximum atomic E-state index is 11.9. The number of hydrogen-bond acceptors (Lipinski definition) is 3. The molecule has 1 atom stereocenters. The van der Waals surface area contributed by atoms with E-state index in [1.807, 2.05) is 6.92 Å². The number of nitrogens with one attached hydrogen (secondary N) is 2. The summed E-state index contributed by atoms with van der Waals surface area (Å²) in [4.78, 5) is 11.9. The average Bonchev–Trinajstić information content (AvgIpc) is 2.86. The summed E-state index contributed by atoms with van der Waals surface area (Å²) in [5, 5.41) is 15.0. The van der Waals surface area contributed by atoms with Gasteiger partial charge in [0.2, 0.25) is 5.91 Å². The molecule has 1 aliphatic carbocycles. The highest BCUT2D eigenvalue weighted by Gasteiger charge is 2.19. The van der Waals surface area contributed by atoms with Gasteiger partial charge in [0.1, 0.15) is 0 Å². The second-order valence-corrected chi connectivity index (χ2v) is 5.30. The Balaban J connectivity index is 2.00. The van der Waals surface area contributed by atoms with Gasteiger partial charge >= 0.3 is 0 Å². The minimum Gasteiger partial charge on any atom is -0.396 e. The van der Waals surface area contributed by atoms with Gasteiger partial charge in [-0.1, -0.05) is 25.7 Å². The first-order valence-electron chi connectivity index (χ1n) is 7.38. The molecule has 0 aromatic rings. The molecule has 1 amide bonds. The van der Waals surface area contributed by atoms with Crippen molar-refractivity contribution >= 4 is 5.91 Å². The molecule has 0 radical (unpaired) electrons.